The first-order valence-corrected chi connectivity index (χ1v) is 12.0. The number of rotatable bonds is 2. The first-order chi connectivity index (χ1) is 18.3. The second-order valence-electron chi connectivity index (χ2n) is 9.96. The van der Waals surface area contributed by atoms with Crippen molar-refractivity contribution in [1.29, 1.82) is 0 Å². The number of aliphatic hydroxyl groups is 1. The molecule has 11 nitrogen and oxygen atoms in total. The Morgan fingerprint density at radius 1 is 0.949 bits per heavy atom. The summed E-state index contributed by atoms with van der Waals surface area (Å²) in [4.78, 5) is 53.0. The Hall–Kier alpha value is -4.38. The predicted molar refractivity (Wildman–Crippen MR) is 132 cm³/mol. The number of aromatic hydroxyl groups is 2. The van der Waals surface area contributed by atoms with E-state index in [9.17, 15) is 34.5 Å². The third-order valence-corrected chi connectivity index (χ3v) is 7.97. The fourth-order valence-corrected chi connectivity index (χ4v) is 5.97. The molecule has 204 valence electrons. The number of methoxy groups -OCH3 is 2. The molecular weight excluding hydrogens is 512 g/mol. The van der Waals surface area contributed by atoms with Gasteiger partial charge >= 0.3 is 11.9 Å². The molecule has 2 aliphatic heterocycles. The summed E-state index contributed by atoms with van der Waals surface area (Å²) in [5.41, 5.74) is -4.38. The normalized spacial score (nSPS) is 24.7. The maximum absolute atomic E-state index is 14.0. The molecule has 2 spiro atoms. The summed E-state index contributed by atoms with van der Waals surface area (Å²) in [6.45, 7) is 5.88. The van der Waals surface area contributed by atoms with Crippen molar-refractivity contribution in [2.24, 2.45) is 0 Å². The Kier molecular flexibility index (Phi) is 5.59. The fourth-order valence-electron chi connectivity index (χ4n) is 5.97. The van der Waals surface area contributed by atoms with Crippen LogP contribution >= 0.6 is 0 Å². The Morgan fingerprint density at radius 3 is 2.18 bits per heavy atom. The van der Waals surface area contributed by atoms with Gasteiger partial charge < -0.3 is 34.3 Å². The third kappa shape index (κ3) is 3.01. The highest BCUT2D eigenvalue weighted by molar-refractivity contribution is 6.19. The van der Waals surface area contributed by atoms with E-state index < -0.39 is 52.3 Å². The summed E-state index contributed by atoms with van der Waals surface area (Å²) in [6.07, 6.45) is -1.22. The number of carbonyl (C=O) groups is 4. The number of benzene rings is 2. The lowest BCUT2D eigenvalue weighted by Crippen LogP contribution is -2.72. The minimum Gasteiger partial charge on any atom is -0.507 e. The summed E-state index contributed by atoms with van der Waals surface area (Å²) in [6, 6.07) is 1.22. The van der Waals surface area contributed by atoms with E-state index in [2.05, 4.69) is 0 Å². The molecule has 3 aliphatic rings. The summed E-state index contributed by atoms with van der Waals surface area (Å²) >= 11 is 0. The van der Waals surface area contributed by atoms with Crippen molar-refractivity contribution in [2.45, 2.75) is 51.4 Å². The van der Waals surface area contributed by atoms with E-state index in [-0.39, 0.29) is 56.9 Å². The van der Waals surface area contributed by atoms with Crippen LogP contribution in [-0.4, -0.2) is 64.2 Å². The van der Waals surface area contributed by atoms with Gasteiger partial charge in [-0.05, 0) is 51.0 Å². The van der Waals surface area contributed by atoms with E-state index in [1.165, 1.54) is 33.8 Å². The van der Waals surface area contributed by atoms with E-state index >= 15 is 0 Å². The monoisotopic (exact) mass is 538 g/mol. The molecule has 0 bridgehead atoms. The number of hydrogen-bond donors (Lipinski definition) is 3. The van der Waals surface area contributed by atoms with Crippen LogP contribution in [0.25, 0.3) is 0 Å². The molecular formula is C28H26O11. The van der Waals surface area contributed by atoms with E-state index in [1.54, 1.807) is 0 Å². The van der Waals surface area contributed by atoms with Gasteiger partial charge in [-0.15, -0.1) is 0 Å². The predicted octanol–water partition coefficient (Wildman–Crippen LogP) is 2.23. The zero-order valence-corrected chi connectivity index (χ0v) is 22.0. The summed E-state index contributed by atoms with van der Waals surface area (Å²) in [7, 11) is 2.29. The number of ketones is 2. The number of ether oxygens (including phenoxy) is 4. The molecule has 0 radical (unpaired) electrons. The van der Waals surface area contributed by atoms with Gasteiger partial charge in [0.1, 0.15) is 40.2 Å². The molecule has 2 aromatic rings. The number of phenols is 2. The molecule has 2 heterocycles. The number of carbonyl (C=O) groups excluding carboxylic acids is 4. The Morgan fingerprint density at radius 2 is 1.56 bits per heavy atom. The second kappa shape index (κ2) is 8.31. The summed E-state index contributed by atoms with van der Waals surface area (Å²) in [5, 5.41) is 33.4. The molecule has 5 rings (SSSR count). The van der Waals surface area contributed by atoms with Gasteiger partial charge in [0.05, 0.1) is 19.8 Å². The lowest BCUT2D eigenvalue weighted by Gasteiger charge is -2.45. The number of fused-ring (bicyclic) bond motifs is 3. The lowest BCUT2D eigenvalue weighted by molar-refractivity contribution is -0.179. The standard InChI is InChI=1S/C28H26O11/c1-10-7-15(29)19-22(17(10)25(34)36-5)39-28(24(19)33)23(32)11(2)8-16(30)27(28)9-14-12(3)18(26(35)37-6)20(31)13(4)21(14)38-27/h7-8,24,29,31,33H,9H2,1-6H3/t24-,27+,28+/m0/s1. The first kappa shape index (κ1) is 26.2. The molecule has 3 N–H and O–H groups in total. The van der Waals surface area contributed by atoms with Crippen LogP contribution in [0.2, 0.25) is 0 Å². The van der Waals surface area contributed by atoms with Crippen molar-refractivity contribution in [2.75, 3.05) is 14.2 Å². The molecule has 3 atom stereocenters. The highest BCUT2D eigenvalue weighted by Crippen LogP contribution is 2.60. The van der Waals surface area contributed by atoms with E-state index in [0.717, 1.165) is 20.3 Å². The fraction of sp³-hybridized carbons (Fsp3) is 0.357. The molecule has 0 saturated carbocycles. The second-order valence-corrected chi connectivity index (χ2v) is 9.96. The minimum absolute atomic E-state index is 0.0338. The smallest absolute Gasteiger partial charge is 0.341 e. The zero-order valence-electron chi connectivity index (χ0n) is 22.0. The molecule has 2 aromatic carbocycles. The maximum Gasteiger partial charge on any atom is 0.341 e. The Labute approximate surface area is 222 Å². The molecule has 0 aromatic heterocycles. The molecule has 1 aliphatic carbocycles. The highest BCUT2D eigenvalue weighted by Gasteiger charge is 2.75. The van der Waals surface area contributed by atoms with Gasteiger partial charge in [-0.25, -0.2) is 9.59 Å². The number of phenolic OH excluding ortho intramolecular Hbond substituents is 2. The van der Waals surface area contributed by atoms with Crippen molar-refractivity contribution in [1.82, 2.24) is 0 Å². The molecule has 0 fully saturated rings. The van der Waals surface area contributed by atoms with Gasteiger partial charge in [0, 0.05) is 23.1 Å². The van der Waals surface area contributed by atoms with Crippen LogP contribution in [0.1, 0.15) is 61.6 Å². The van der Waals surface area contributed by atoms with Crippen LogP contribution in [0.3, 0.4) is 0 Å². The highest BCUT2D eigenvalue weighted by atomic mass is 16.6. The van der Waals surface area contributed by atoms with Crippen molar-refractivity contribution >= 4 is 23.5 Å². The van der Waals surface area contributed by atoms with E-state index in [0.29, 0.717) is 5.56 Å². The van der Waals surface area contributed by atoms with Gasteiger partial charge in [0.15, 0.2) is 0 Å². The third-order valence-electron chi connectivity index (χ3n) is 7.97. The molecule has 11 heteroatoms. The molecule has 39 heavy (non-hydrogen) atoms. The number of aliphatic hydroxyl groups excluding tert-OH is 1. The zero-order chi connectivity index (χ0) is 28.8. The molecule has 0 unspecified atom stereocenters. The average molecular weight is 539 g/mol. The van der Waals surface area contributed by atoms with Gasteiger partial charge in [-0.3, -0.25) is 9.59 Å². The number of Topliss-reactive ketones (excluding diaryl/α,β-unsaturated/α-hetero) is 1. The Balaban J connectivity index is 1.81. The van der Waals surface area contributed by atoms with Crippen LogP contribution in [0.15, 0.2) is 17.7 Å². The van der Waals surface area contributed by atoms with Gasteiger partial charge in [0.2, 0.25) is 22.8 Å². The van der Waals surface area contributed by atoms with Crippen LogP contribution in [0.4, 0.5) is 0 Å². The minimum atomic E-state index is -2.47. The average Bonchev–Trinajstić information content (AvgIpc) is 3.44. The van der Waals surface area contributed by atoms with Crippen LogP contribution in [0, 0.1) is 20.8 Å². The van der Waals surface area contributed by atoms with Crippen LogP contribution < -0.4 is 9.47 Å². The quantitative estimate of drug-likeness (QED) is 0.480. The van der Waals surface area contributed by atoms with Crippen molar-refractivity contribution in [3.63, 3.8) is 0 Å². The largest absolute Gasteiger partial charge is 0.507 e. The number of hydrogen-bond acceptors (Lipinski definition) is 11. The molecule has 0 amide bonds. The lowest BCUT2D eigenvalue weighted by atomic mass is 9.65. The van der Waals surface area contributed by atoms with Crippen LogP contribution in [0.5, 0.6) is 23.0 Å². The summed E-state index contributed by atoms with van der Waals surface area (Å²) in [5.74, 6) is -4.37. The number of aryl methyl sites for hydroxylation is 1. The first-order valence-electron chi connectivity index (χ1n) is 12.0. The molecule has 0 saturated heterocycles. The SMILES string of the molecule is COC(=O)c1c(C)c2c(c(C)c1O)O[C@]1(C2)C(=O)C=C(C)C(=O)[C@]12Oc1c(C(=O)OC)c(C)cc(O)c1[C@@H]2O. The Bertz CT molecular complexity index is 1570. The van der Waals surface area contributed by atoms with E-state index in [4.69, 9.17) is 18.9 Å². The summed E-state index contributed by atoms with van der Waals surface area (Å²) < 4.78 is 22.1. The maximum atomic E-state index is 14.0. The van der Waals surface area contributed by atoms with Crippen molar-refractivity contribution < 1.29 is 53.4 Å². The van der Waals surface area contributed by atoms with Crippen LogP contribution in [-0.2, 0) is 25.5 Å². The topological polar surface area (TPSA) is 166 Å². The number of esters is 2. The van der Waals surface area contributed by atoms with Gasteiger partial charge in [0.25, 0.3) is 0 Å². The van der Waals surface area contributed by atoms with Gasteiger partial charge in [-0.1, -0.05) is 0 Å². The van der Waals surface area contributed by atoms with Gasteiger partial charge in [-0.2, -0.15) is 0 Å². The van der Waals surface area contributed by atoms with Crippen molar-refractivity contribution in [3.8, 4) is 23.0 Å². The van der Waals surface area contributed by atoms with E-state index in [1.807, 2.05) is 0 Å². The van der Waals surface area contributed by atoms with Crippen molar-refractivity contribution in [3.05, 3.63) is 56.7 Å².